The summed E-state index contributed by atoms with van der Waals surface area (Å²) >= 11 is 7.46. The molecule has 6 heteroatoms. The first kappa shape index (κ1) is 15.1. The molecule has 0 saturated carbocycles. The molecule has 0 spiro atoms. The summed E-state index contributed by atoms with van der Waals surface area (Å²) in [5.41, 5.74) is 2.19. The van der Waals surface area contributed by atoms with Crippen molar-refractivity contribution >= 4 is 23.4 Å². The summed E-state index contributed by atoms with van der Waals surface area (Å²) in [6, 6.07) is 13.9. The van der Waals surface area contributed by atoms with Crippen LogP contribution in [0.25, 0.3) is 11.4 Å². The maximum Gasteiger partial charge on any atom is 0.191 e. The quantitative estimate of drug-likeness (QED) is 0.516. The van der Waals surface area contributed by atoms with Crippen molar-refractivity contribution in [2.45, 2.75) is 24.4 Å². The minimum absolute atomic E-state index is 0.511. The van der Waals surface area contributed by atoms with Gasteiger partial charge in [-0.3, -0.25) is 0 Å². The van der Waals surface area contributed by atoms with Crippen LogP contribution in [0.3, 0.4) is 0 Å². The number of pyridine rings is 1. The lowest BCUT2D eigenvalue weighted by Gasteiger charge is -2.07. The third-order valence-corrected chi connectivity index (χ3v) is 4.48. The molecule has 2 aromatic heterocycles. The van der Waals surface area contributed by atoms with Gasteiger partial charge in [0.2, 0.25) is 0 Å². The van der Waals surface area contributed by atoms with E-state index < -0.39 is 0 Å². The molecular formula is C16H15ClN4S. The summed E-state index contributed by atoms with van der Waals surface area (Å²) in [5, 5.41) is 10.1. The molecule has 0 saturated heterocycles. The Labute approximate surface area is 138 Å². The van der Waals surface area contributed by atoms with Crippen molar-refractivity contribution in [2.24, 2.45) is 0 Å². The summed E-state index contributed by atoms with van der Waals surface area (Å²) in [7, 11) is 0. The second-order valence-electron chi connectivity index (χ2n) is 4.69. The molecule has 1 aromatic carbocycles. The highest BCUT2D eigenvalue weighted by Crippen LogP contribution is 2.26. The van der Waals surface area contributed by atoms with E-state index in [1.54, 1.807) is 24.0 Å². The van der Waals surface area contributed by atoms with Gasteiger partial charge in [-0.1, -0.05) is 59.8 Å². The van der Waals surface area contributed by atoms with Crippen LogP contribution in [-0.4, -0.2) is 19.7 Å². The summed E-state index contributed by atoms with van der Waals surface area (Å²) in [5.74, 6) is 1.69. The van der Waals surface area contributed by atoms with Gasteiger partial charge in [-0.15, -0.1) is 10.2 Å². The number of hydrogen-bond acceptors (Lipinski definition) is 4. The number of nitrogens with zero attached hydrogens (tertiary/aromatic N) is 4. The van der Waals surface area contributed by atoms with E-state index in [9.17, 15) is 0 Å². The number of benzene rings is 1. The monoisotopic (exact) mass is 330 g/mol. The summed E-state index contributed by atoms with van der Waals surface area (Å²) < 4.78 is 2.13. The van der Waals surface area contributed by atoms with E-state index in [1.165, 1.54) is 0 Å². The van der Waals surface area contributed by atoms with Crippen LogP contribution in [0.1, 0.15) is 12.5 Å². The SMILES string of the molecule is CCn1c(SCc2ccc(Cl)nc2)nnc1-c1ccccc1. The normalized spacial score (nSPS) is 10.8. The predicted molar refractivity (Wildman–Crippen MR) is 89.9 cm³/mol. The van der Waals surface area contributed by atoms with Gasteiger partial charge in [0.1, 0.15) is 5.15 Å². The standard InChI is InChI=1S/C16H15ClN4S/c1-2-21-15(13-6-4-3-5-7-13)19-20-16(21)22-11-12-8-9-14(17)18-10-12/h3-10H,2,11H2,1H3. The van der Waals surface area contributed by atoms with Crippen LogP contribution in [0.5, 0.6) is 0 Å². The van der Waals surface area contributed by atoms with Crippen molar-refractivity contribution in [1.29, 1.82) is 0 Å². The molecule has 0 N–H and O–H groups in total. The Morgan fingerprint density at radius 2 is 1.91 bits per heavy atom. The molecule has 0 aliphatic heterocycles. The van der Waals surface area contributed by atoms with Crippen LogP contribution in [0.2, 0.25) is 5.15 Å². The van der Waals surface area contributed by atoms with Crippen molar-refractivity contribution in [1.82, 2.24) is 19.7 Å². The molecule has 0 atom stereocenters. The lowest BCUT2D eigenvalue weighted by atomic mass is 10.2. The van der Waals surface area contributed by atoms with E-state index in [1.807, 2.05) is 36.4 Å². The highest BCUT2D eigenvalue weighted by molar-refractivity contribution is 7.98. The third-order valence-electron chi connectivity index (χ3n) is 3.22. The summed E-state index contributed by atoms with van der Waals surface area (Å²) in [4.78, 5) is 4.10. The Bertz CT molecular complexity index is 741. The zero-order valence-corrected chi connectivity index (χ0v) is 13.7. The maximum absolute atomic E-state index is 5.80. The van der Waals surface area contributed by atoms with Gasteiger partial charge < -0.3 is 4.57 Å². The Balaban J connectivity index is 1.80. The van der Waals surface area contributed by atoms with Gasteiger partial charge in [0.15, 0.2) is 11.0 Å². The van der Waals surface area contributed by atoms with Crippen LogP contribution in [0, 0.1) is 0 Å². The van der Waals surface area contributed by atoms with Crippen LogP contribution in [-0.2, 0) is 12.3 Å². The molecule has 0 amide bonds. The van der Waals surface area contributed by atoms with Crippen molar-refractivity contribution in [3.8, 4) is 11.4 Å². The molecule has 22 heavy (non-hydrogen) atoms. The average Bonchev–Trinajstić information content (AvgIpc) is 2.98. The number of rotatable bonds is 5. The van der Waals surface area contributed by atoms with Crippen molar-refractivity contribution in [2.75, 3.05) is 0 Å². The van der Waals surface area contributed by atoms with Crippen molar-refractivity contribution in [3.63, 3.8) is 0 Å². The van der Waals surface area contributed by atoms with Gasteiger partial charge in [-0.05, 0) is 18.6 Å². The molecule has 0 bridgehead atoms. The Kier molecular flexibility index (Phi) is 4.75. The van der Waals surface area contributed by atoms with Gasteiger partial charge in [0.05, 0.1) is 0 Å². The molecule has 2 heterocycles. The van der Waals surface area contributed by atoms with Crippen molar-refractivity contribution < 1.29 is 0 Å². The molecule has 3 aromatic rings. The van der Waals surface area contributed by atoms with Gasteiger partial charge in [0, 0.05) is 24.1 Å². The second kappa shape index (κ2) is 6.94. The first-order valence-electron chi connectivity index (χ1n) is 6.99. The van der Waals surface area contributed by atoms with Crippen LogP contribution < -0.4 is 0 Å². The molecule has 0 aliphatic rings. The van der Waals surface area contributed by atoms with Gasteiger partial charge >= 0.3 is 0 Å². The fourth-order valence-electron chi connectivity index (χ4n) is 2.12. The predicted octanol–water partition coefficient (Wildman–Crippen LogP) is 4.31. The summed E-state index contributed by atoms with van der Waals surface area (Å²) in [6.45, 7) is 2.93. The fourth-order valence-corrected chi connectivity index (χ4v) is 3.17. The average molecular weight is 331 g/mol. The number of hydrogen-bond donors (Lipinski definition) is 0. The topological polar surface area (TPSA) is 43.6 Å². The smallest absolute Gasteiger partial charge is 0.191 e. The van der Waals surface area contributed by atoms with Gasteiger partial charge in [-0.2, -0.15) is 0 Å². The maximum atomic E-state index is 5.80. The fraction of sp³-hybridized carbons (Fsp3) is 0.188. The largest absolute Gasteiger partial charge is 0.302 e. The zero-order chi connectivity index (χ0) is 15.4. The van der Waals surface area contributed by atoms with E-state index >= 15 is 0 Å². The first-order valence-corrected chi connectivity index (χ1v) is 8.36. The third kappa shape index (κ3) is 3.31. The number of halogens is 1. The molecular weight excluding hydrogens is 316 g/mol. The van der Waals surface area contributed by atoms with E-state index in [2.05, 4.69) is 26.7 Å². The van der Waals surface area contributed by atoms with Gasteiger partial charge in [-0.25, -0.2) is 4.98 Å². The van der Waals surface area contributed by atoms with Crippen LogP contribution in [0.15, 0.2) is 53.8 Å². The Morgan fingerprint density at radius 3 is 2.59 bits per heavy atom. The van der Waals surface area contributed by atoms with Crippen LogP contribution in [0.4, 0.5) is 0 Å². The van der Waals surface area contributed by atoms with E-state index in [-0.39, 0.29) is 0 Å². The number of aromatic nitrogens is 4. The molecule has 0 unspecified atom stereocenters. The molecule has 0 aliphatic carbocycles. The van der Waals surface area contributed by atoms with E-state index in [0.717, 1.165) is 34.4 Å². The molecule has 112 valence electrons. The highest BCUT2D eigenvalue weighted by atomic mass is 35.5. The van der Waals surface area contributed by atoms with Crippen molar-refractivity contribution in [3.05, 3.63) is 59.4 Å². The molecule has 3 rings (SSSR count). The molecule has 0 radical (unpaired) electrons. The van der Waals surface area contributed by atoms with Gasteiger partial charge in [0.25, 0.3) is 0 Å². The Morgan fingerprint density at radius 1 is 1.09 bits per heavy atom. The highest BCUT2D eigenvalue weighted by Gasteiger charge is 2.12. The molecule has 0 fully saturated rings. The lowest BCUT2D eigenvalue weighted by Crippen LogP contribution is -1.99. The second-order valence-corrected chi connectivity index (χ2v) is 6.02. The molecule has 4 nitrogen and oxygen atoms in total. The minimum Gasteiger partial charge on any atom is -0.302 e. The minimum atomic E-state index is 0.511. The Hall–Kier alpha value is -1.85. The summed E-state index contributed by atoms with van der Waals surface area (Å²) in [6.07, 6.45) is 1.79. The first-order chi connectivity index (χ1) is 10.8. The van der Waals surface area contributed by atoms with E-state index in [4.69, 9.17) is 11.6 Å². The lowest BCUT2D eigenvalue weighted by molar-refractivity contribution is 0.687. The zero-order valence-electron chi connectivity index (χ0n) is 12.1. The number of thioether (sulfide) groups is 1. The van der Waals surface area contributed by atoms with E-state index in [0.29, 0.717) is 5.15 Å². The van der Waals surface area contributed by atoms with Crippen LogP contribution >= 0.6 is 23.4 Å².